The van der Waals surface area contributed by atoms with Gasteiger partial charge in [0.25, 0.3) is 0 Å². The van der Waals surface area contributed by atoms with E-state index in [1.54, 1.807) is 0 Å². The zero-order chi connectivity index (χ0) is 9.31. The Bertz CT molecular complexity index is 285. The molecule has 0 N–H and O–H groups in total. The quantitative estimate of drug-likeness (QED) is 0.661. The predicted octanol–water partition coefficient (Wildman–Crippen LogP) is 2.16. The second-order valence-corrected chi connectivity index (χ2v) is 3.84. The number of epoxide rings is 1. The second-order valence-electron chi connectivity index (χ2n) is 3.84. The third-order valence-corrected chi connectivity index (χ3v) is 2.20. The third-order valence-electron chi connectivity index (χ3n) is 2.20. The highest BCUT2D eigenvalue weighted by atomic mass is 16.6. The van der Waals surface area contributed by atoms with Crippen molar-refractivity contribution in [3.63, 3.8) is 0 Å². The summed E-state index contributed by atoms with van der Waals surface area (Å²) in [5.74, 6) is 0.919. The normalized spacial score (nSPS) is 25.7. The molecule has 1 aliphatic heterocycles. The maximum absolute atomic E-state index is 5.56. The number of hydrogen-bond acceptors (Lipinski definition) is 2. The van der Waals surface area contributed by atoms with E-state index in [0.29, 0.717) is 6.61 Å². The van der Waals surface area contributed by atoms with Gasteiger partial charge in [0.15, 0.2) is 0 Å². The third kappa shape index (κ3) is 2.22. The Labute approximate surface area is 78.5 Å². The zero-order valence-corrected chi connectivity index (χ0v) is 8.04. The fourth-order valence-corrected chi connectivity index (χ4v) is 1.08. The van der Waals surface area contributed by atoms with E-state index in [9.17, 15) is 0 Å². The van der Waals surface area contributed by atoms with Crippen LogP contribution in [-0.2, 0) is 4.74 Å². The van der Waals surface area contributed by atoms with Crippen molar-refractivity contribution in [2.24, 2.45) is 0 Å². The molecular weight excluding hydrogens is 164 g/mol. The van der Waals surface area contributed by atoms with E-state index in [4.69, 9.17) is 9.47 Å². The lowest BCUT2D eigenvalue weighted by Crippen LogP contribution is -2.16. The van der Waals surface area contributed by atoms with Crippen LogP contribution in [0.3, 0.4) is 0 Å². The van der Waals surface area contributed by atoms with Crippen LogP contribution in [0.15, 0.2) is 24.3 Å². The van der Waals surface area contributed by atoms with Crippen molar-refractivity contribution in [1.29, 1.82) is 0 Å². The molecule has 0 saturated carbocycles. The van der Waals surface area contributed by atoms with Crippen LogP contribution < -0.4 is 4.74 Å². The van der Waals surface area contributed by atoms with Gasteiger partial charge >= 0.3 is 0 Å². The summed E-state index contributed by atoms with van der Waals surface area (Å²) in [5.41, 5.74) is 1.23. The summed E-state index contributed by atoms with van der Waals surface area (Å²) in [4.78, 5) is 0. The first kappa shape index (κ1) is 8.57. The Hall–Kier alpha value is -1.02. The SMILES string of the molecule is Cc1ccc(OC[C@]2(C)CO2)cc1. The second kappa shape index (κ2) is 3.04. The molecule has 0 spiro atoms. The summed E-state index contributed by atoms with van der Waals surface area (Å²) >= 11 is 0. The van der Waals surface area contributed by atoms with Gasteiger partial charge in [0, 0.05) is 0 Å². The average molecular weight is 178 g/mol. The minimum absolute atomic E-state index is 0.0229. The number of ether oxygens (including phenoxy) is 2. The molecule has 1 aromatic rings. The number of hydrogen-bond donors (Lipinski definition) is 0. The minimum atomic E-state index is -0.0229. The molecule has 2 rings (SSSR count). The van der Waals surface area contributed by atoms with Crippen LogP contribution in [0.25, 0.3) is 0 Å². The Morgan fingerprint density at radius 1 is 1.38 bits per heavy atom. The Morgan fingerprint density at radius 3 is 2.54 bits per heavy atom. The Balaban J connectivity index is 1.91. The molecule has 1 saturated heterocycles. The Kier molecular flexibility index (Phi) is 2.00. The van der Waals surface area contributed by atoms with Crippen LogP contribution in [0, 0.1) is 6.92 Å². The van der Waals surface area contributed by atoms with Crippen LogP contribution in [0.4, 0.5) is 0 Å². The standard InChI is InChI=1S/C11H14O2/c1-9-3-5-10(6-4-9)12-7-11(2)8-13-11/h3-6H,7-8H2,1-2H3/t11-/m1/s1. The van der Waals surface area contributed by atoms with Crippen molar-refractivity contribution in [3.05, 3.63) is 29.8 Å². The van der Waals surface area contributed by atoms with Gasteiger partial charge in [-0.2, -0.15) is 0 Å². The highest BCUT2D eigenvalue weighted by Crippen LogP contribution is 2.26. The summed E-state index contributed by atoms with van der Waals surface area (Å²) in [6.45, 7) is 5.59. The van der Waals surface area contributed by atoms with E-state index in [2.05, 4.69) is 13.8 Å². The van der Waals surface area contributed by atoms with Gasteiger partial charge in [-0.3, -0.25) is 0 Å². The van der Waals surface area contributed by atoms with E-state index in [-0.39, 0.29) is 5.60 Å². The molecule has 1 fully saturated rings. The smallest absolute Gasteiger partial charge is 0.123 e. The first-order chi connectivity index (χ1) is 6.18. The van der Waals surface area contributed by atoms with Crippen LogP contribution in [0.1, 0.15) is 12.5 Å². The minimum Gasteiger partial charge on any atom is -0.491 e. The summed E-state index contributed by atoms with van der Waals surface area (Å²) in [7, 11) is 0. The van der Waals surface area contributed by atoms with Crippen LogP contribution in [-0.4, -0.2) is 18.8 Å². The van der Waals surface area contributed by atoms with Crippen molar-refractivity contribution in [3.8, 4) is 5.75 Å². The van der Waals surface area contributed by atoms with Crippen LogP contribution in [0.2, 0.25) is 0 Å². The maximum Gasteiger partial charge on any atom is 0.123 e. The van der Waals surface area contributed by atoms with Gasteiger partial charge < -0.3 is 9.47 Å². The lowest BCUT2D eigenvalue weighted by Gasteiger charge is -2.08. The van der Waals surface area contributed by atoms with E-state index < -0.39 is 0 Å². The lowest BCUT2D eigenvalue weighted by atomic mass is 10.2. The molecule has 13 heavy (non-hydrogen) atoms. The van der Waals surface area contributed by atoms with Gasteiger partial charge in [-0.05, 0) is 26.0 Å². The largest absolute Gasteiger partial charge is 0.491 e. The molecule has 0 unspecified atom stereocenters. The topological polar surface area (TPSA) is 21.8 Å². The van der Waals surface area contributed by atoms with Crippen LogP contribution >= 0.6 is 0 Å². The van der Waals surface area contributed by atoms with Gasteiger partial charge in [0.1, 0.15) is 18.0 Å². The molecule has 2 heteroatoms. The first-order valence-electron chi connectivity index (χ1n) is 4.51. The summed E-state index contributed by atoms with van der Waals surface area (Å²) in [6, 6.07) is 8.07. The molecule has 0 amide bonds. The van der Waals surface area contributed by atoms with Gasteiger partial charge in [0.2, 0.25) is 0 Å². The molecule has 0 radical (unpaired) electrons. The zero-order valence-electron chi connectivity index (χ0n) is 8.04. The molecule has 1 atom stereocenters. The molecule has 0 bridgehead atoms. The molecule has 1 aliphatic rings. The van der Waals surface area contributed by atoms with Crippen molar-refractivity contribution in [2.75, 3.05) is 13.2 Å². The monoisotopic (exact) mass is 178 g/mol. The van der Waals surface area contributed by atoms with Crippen LogP contribution in [0.5, 0.6) is 5.75 Å². The van der Waals surface area contributed by atoms with E-state index in [0.717, 1.165) is 12.4 Å². The van der Waals surface area contributed by atoms with Gasteiger partial charge in [-0.1, -0.05) is 17.7 Å². The van der Waals surface area contributed by atoms with Crippen molar-refractivity contribution >= 4 is 0 Å². The summed E-state index contributed by atoms with van der Waals surface area (Å²) < 4.78 is 10.8. The summed E-state index contributed by atoms with van der Waals surface area (Å²) in [6.07, 6.45) is 0. The number of benzene rings is 1. The molecule has 70 valence electrons. The van der Waals surface area contributed by atoms with Crippen molar-refractivity contribution in [1.82, 2.24) is 0 Å². The molecule has 1 heterocycles. The lowest BCUT2D eigenvalue weighted by molar-refractivity contribution is 0.202. The van der Waals surface area contributed by atoms with Gasteiger partial charge in [-0.25, -0.2) is 0 Å². The molecule has 0 aliphatic carbocycles. The summed E-state index contributed by atoms with van der Waals surface area (Å²) in [5, 5.41) is 0. The van der Waals surface area contributed by atoms with E-state index in [1.807, 2.05) is 24.3 Å². The van der Waals surface area contributed by atoms with E-state index in [1.165, 1.54) is 5.56 Å². The highest BCUT2D eigenvalue weighted by molar-refractivity contribution is 5.26. The number of aryl methyl sites for hydroxylation is 1. The molecule has 1 aromatic carbocycles. The van der Waals surface area contributed by atoms with Crippen molar-refractivity contribution in [2.45, 2.75) is 19.4 Å². The van der Waals surface area contributed by atoms with Gasteiger partial charge in [0.05, 0.1) is 6.61 Å². The molecule has 2 nitrogen and oxygen atoms in total. The average Bonchev–Trinajstić information content (AvgIpc) is 2.84. The van der Waals surface area contributed by atoms with Crippen molar-refractivity contribution < 1.29 is 9.47 Å². The first-order valence-corrected chi connectivity index (χ1v) is 4.51. The molecular formula is C11H14O2. The Morgan fingerprint density at radius 2 is 2.00 bits per heavy atom. The highest BCUT2D eigenvalue weighted by Gasteiger charge is 2.40. The predicted molar refractivity (Wildman–Crippen MR) is 51.0 cm³/mol. The van der Waals surface area contributed by atoms with Gasteiger partial charge in [-0.15, -0.1) is 0 Å². The number of rotatable bonds is 3. The fourth-order valence-electron chi connectivity index (χ4n) is 1.08. The van der Waals surface area contributed by atoms with E-state index >= 15 is 0 Å². The molecule has 0 aromatic heterocycles. The fraction of sp³-hybridized carbons (Fsp3) is 0.455. The maximum atomic E-state index is 5.56.